The average molecular weight is 220 g/mol. The highest BCUT2D eigenvalue weighted by Crippen LogP contribution is 2.48. The summed E-state index contributed by atoms with van der Waals surface area (Å²) < 4.78 is 0. The Morgan fingerprint density at radius 2 is 1.88 bits per heavy atom. The van der Waals surface area contributed by atoms with Crippen LogP contribution in [-0.2, 0) is 0 Å². The van der Waals surface area contributed by atoms with Crippen LogP contribution in [0.4, 0.5) is 0 Å². The standard InChI is InChI=1S/C15H24O/c1-7-15(6)9-14(16)12(10(2)3)8-13(15)11(4)5/h7,12-14,16H,1-2,4,8-9H2,3,5-6H3/t12-,13+,14-,15-/m1/s1. The molecule has 0 unspecified atom stereocenters. The van der Waals surface area contributed by atoms with Gasteiger partial charge in [0, 0.05) is 5.92 Å². The molecular weight excluding hydrogens is 196 g/mol. The largest absolute Gasteiger partial charge is 0.392 e. The van der Waals surface area contributed by atoms with Gasteiger partial charge in [-0.1, -0.05) is 37.3 Å². The van der Waals surface area contributed by atoms with Gasteiger partial charge in [-0.3, -0.25) is 0 Å². The van der Waals surface area contributed by atoms with Gasteiger partial charge in [0.1, 0.15) is 0 Å². The smallest absolute Gasteiger partial charge is 0.0613 e. The number of rotatable bonds is 3. The first-order chi connectivity index (χ1) is 7.31. The van der Waals surface area contributed by atoms with Crippen LogP contribution < -0.4 is 0 Å². The maximum Gasteiger partial charge on any atom is 0.0613 e. The minimum Gasteiger partial charge on any atom is -0.392 e. The maximum absolute atomic E-state index is 10.2. The van der Waals surface area contributed by atoms with Gasteiger partial charge in [0.05, 0.1) is 6.10 Å². The molecule has 0 radical (unpaired) electrons. The third-order valence-electron chi connectivity index (χ3n) is 4.09. The second-order valence-corrected chi connectivity index (χ2v) is 5.57. The van der Waals surface area contributed by atoms with Gasteiger partial charge in [0.25, 0.3) is 0 Å². The van der Waals surface area contributed by atoms with Crippen molar-refractivity contribution in [1.82, 2.24) is 0 Å². The molecule has 16 heavy (non-hydrogen) atoms. The molecule has 90 valence electrons. The van der Waals surface area contributed by atoms with Gasteiger partial charge in [-0.15, -0.1) is 6.58 Å². The molecule has 1 nitrogen and oxygen atoms in total. The Morgan fingerprint density at radius 1 is 1.31 bits per heavy atom. The highest BCUT2D eigenvalue weighted by atomic mass is 16.3. The summed E-state index contributed by atoms with van der Waals surface area (Å²) in [5.74, 6) is 0.602. The number of hydrogen-bond donors (Lipinski definition) is 1. The minimum absolute atomic E-state index is 0.0306. The van der Waals surface area contributed by atoms with E-state index >= 15 is 0 Å². The van der Waals surface area contributed by atoms with E-state index in [2.05, 4.69) is 33.6 Å². The maximum atomic E-state index is 10.2. The molecular formula is C15H24O. The van der Waals surface area contributed by atoms with E-state index in [9.17, 15) is 5.11 Å². The molecule has 0 aromatic rings. The molecule has 0 bridgehead atoms. The predicted molar refractivity (Wildman–Crippen MR) is 70.2 cm³/mol. The summed E-state index contributed by atoms with van der Waals surface area (Å²) >= 11 is 0. The molecule has 1 N–H and O–H groups in total. The summed E-state index contributed by atoms with van der Waals surface area (Å²) in [6.07, 6.45) is 3.38. The number of allylic oxidation sites excluding steroid dienone is 2. The van der Waals surface area contributed by atoms with Gasteiger partial charge in [0.2, 0.25) is 0 Å². The van der Waals surface area contributed by atoms with Crippen LogP contribution in [0.25, 0.3) is 0 Å². The van der Waals surface area contributed by atoms with E-state index in [1.54, 1.807) is 0 Å². The van der Waals surface area contributed by atoms with Gasteiger partial charge in [-0.05, 0) is 38.0 Å². The van der Waals surface area contributed by atoms with Crippen LogP contribution in [0.1, 0.15) is 33.6 Å². The van der Waals surface area contributed by atoms with Crippen LogP contribution in [0, 0.1) is 17.3 Å². The number of hydrogen-bond acceptors (Lipinski definition) is 1. The van der Waals surface area contributed by atoms with Crippen LogP contribution in [0.3, 0.4) is 0 Å². The molecule has 1 heteroatoms. The summed E-state index contributed by atoms with van der Waals surface area (Å²) in [5.41, 5.74) is 2.22. The lowest BCUT2D eigenvalue weighted by Gasteiger charge is -2.46. The molecule has 1 saturated carbocycles. The average Bonchev–Trinajstić information content (AvgIpc) is 2.16. The lowest BCUT2D eigenvalue weighted by Crippen LogP contribution is -2.41. The third kappa shape index (κ3) is 2.30. The van der Waals surface area contributed by atoms with Crippen molar-refractivity contribution in [2.45, 2.75) is 39.7 Å². The fraction of sp³-hybridized carbons (Fsp3) is 0.600. The highest BCUT2D eigenvalue weighted by molar-refractivity contribution is 5.17. The lowest BCUT2D eigenvalue weighted by molar-refractivity contribution is 0.0159. The van der Waals surface area contributed by atoms with Crippen LogP contribution in [-0.4, -0.2) is 11.2 Å². The van der Waals surface area contributed by atoms with E-state index in [1.807, 2.05) is 13.0 Å². The monoisotopic (exact) mass is 220 g/mol. The van der Waals surface area contributed by atoms with Gasteiger partial charge >= 0.3 is 0 Å². The fourth-order valence-electron chi connectivity index (χ4n) is 2.93. The zero-order chi connectivity index (χ0) is 12.5. The molecule has 1 rings (SSSR count). The first-order valence-corrected chi connectivity index (χ1v) is 5.94. The molecule has 0 heterocycles. The van der Waals surface area contributed by atoms with Crippen LogP contribution >= 0.6 is 0 Å². The van der Waals surface area contributed by atoms with E-state index in [0.29, 0.717) is 5.92 Å². The number of aliphatic hydroxyl groups excluding tert-OH is 1. The first-order valence-electron chi connectivity index (χ1n) is 5.94. The molecule has 0 aliphatic heterocycles. The van der Waals surface area contributed by atoms with E-state index in [4.69, 9.17) is 0 Å². The van der Waals surface area contributed by atoms with E-state index < -0.39 is 0 Å². The Bertz CT molecular complexity index is 315. The zero-order valence-electron chi connectivity index (χ0n) is 10.8. The van der Waals surface area contributed by atoms with Gasteiger partial charge < -0.3 is 5.11 Å². The van der Waals surface area contributed by atoms with Crippen molar-refractivity contribution in [1.29, 1.82) is 0 Å². The molecule has 0 saturated heterocycles. The highest BCUT2D eigenvalue weighted by Gasteiger charge is 2.42. The third-order valence-corrected chi connectivity index (χ3v) is 4.09. The summed E-state index contributed by atoms with van der Waals surface area (Å²) in [4.78, 5) is 0. The Kier molecular flexibility index (Phi) is 3.80. The van der Waals surface area contributed by atoms with Crippen molar-refractivity contribution in [3.63, 3.8) is 0 Å². The molecule has 1 aliphatic rings. The van der Waals surface area contributed by atoms with E-state index in [0.717, 1.165) is 18.4 Å². The van der Waals surface area contributed by atoms with Crippen molar-refractivity contribution < 1.29 is 5.11 Å². The summed E-state index contributed by atoms with van der Waals surface area (Å²) in [6.45, 7) is 18.2. The second-order valence-electron chi connectivity index (χ2n) is 5.57. The van der Waals surface area contributed by atoms with Crippen LogP contribution in [0.2, 0.25) is 0 Å². The molecule has 0 amide bonds. The van der Waals surface area contributed by atoms with Crippen LogP contribution in [0.5, 0.6) is 0 Å². The topological polar surface area (TPSA) is 20.2 Å². The first kappa shape index (κ1) is 13.2. The SMILES string of the molecule is C=C[C@]1(C)C[C@@H](O)[C@@H](C(=C)C)C[C@H]1C(=C)C. The summed E-state index contributed by atoms with van der Waals surface area (Å²) in [5, 5.41) is 10.2. The van der Waals surface area contributed by atoms with Crippen molar-refractivity contribution in [3.8, 4) is 0 Å². The molecule has 4 atom stereocenters. The van der Waals surface area contributed by atoms with Gasteiger partial charge in [0.15, 0.2) is 0 Å². The molecule has 1 aliphatic carbocycles. The normalized spacial score (nSPS) is 39.1. The van der Waals surface area contributed by atoms with Crippen molar-refractivity contribution >= 4 is 0 Å². The zero-order valence-corrected chi connectivity index (χ0v) is 10.8. The van der Waals surface area contributed by atoms with Gasteiger partial charge in [-0.2, -0.15) is 0 Å². The minimum atomic E-state index is -0.295. The fourth-order valence-corrected chi connectivity index (χ4v) is 2.93. The lowest BCUT2D eigenvalue weighted by atomic mass is 9.60. The Balaban J connectivity index is 3.00. The summed E-state index contributed by atoms with van der Waals surface area (Å²) in [7, 11) is 0. The number of aliphatic hydroxyl groups is 1. The Hall–Kier alpha value is -0.820. The van der Waals surface area contributed by atoms with Gasteiger partial charge in [-0.25, -0.2) is 0 Å². The quantitative estimate of drug-likeness (QED) is 0.719. The predicted octanol–water partition coefficient (Wildman–Crippen LogP) is 3.72. The Labute approximate surface area is 99.6 Å². The molecule has 0 aromatic carbocycles. The van der Waals surface area contributed by atoms with E-state index in [-0.39, 0.29) is 17.4 Å². The second kappa shape index (κ2) is 4.58. The Morgan fingerprint density at radius 3 is 2.25 bits per heavy atom. The van der Waals surface area contributed by atoms with Crippen molar-refractivity contribution in [2.75, 3.05) is 0 Å². The summed E-state index contributed by atoms with van der Waals surface area (Å²) in [6, 6.07) is 0. The van der Waals surface area contributed by atoms with E-state index in [1.165, 1.54) is 5.57 Å². The van der Waals surface area contributed by atoms with Crippen LogP contribution in [0.15, 0.2) is 37.0 Å². The molecule has 0 aromatic heterocycles. The molecule has 1 fully saturated rings. The van der Waals surface area contributed by atoms with Crippen molar-refractivity contribution in [2.24, 2.45) is 17.3 Å². The molecule has 0 spiro atoms. The van der Waals surface area contributed by atoms with Crippen molar-refractivity contribution in [3.05, 3.63) is 37.0 Å².